The Hall–Kier alpha value is -2.95. The average molecular weight is 328 g/mol. The van der Waals surface area contributed by atoms with Gasteiger partial charge in [0.15, 0.2) is 11.5 Å². The van der Waals surface area contributed by atoms with Crippen molar-refractivity contribution in [3.05, 3.63) is 60.2 Å². The van der Waals surface area contributed by atoms with E-state index in [0.717, 1.165) is 23.0 Å². The number of phenols is 2. The summed E-state index contributed by atoms with van der Waals surface area (Å²) in [5.74, 6) is 1.41. The SMILES string of the molecule is C=CC(=O)OC.CC(C)(c1ccc(O)cc1)c1ccc(O)c2c1O2. The van der Waals surface area contributed by atoms with Gasteiger partial charge in [0, 0.05) is 17.1 Å². The van der Waals surface area contributed by atoms with Gasteiger partial charge in [-0.2, -0.15) is 0 Å². The molecule has 1 heterocycles. The fourth-order valence-electron chi connectivity index (χ4n) is 2.35. The maximum Gasteiger partial charge on any atom is 0.329 e. The molecule has 1 aliphatic heterocycles. The molecule has 0 aliphatic carbocycles. The summed E-state index contributed by atoms with van der Waals surface area (Å²) in [5.41, 5.74) is 1.90. The minimum Gasteiger partial charge on any atom is -0.508 e. The summed E-state index contributed by atoms with van der Waals surface area (Å²) >= 11 is 0. The fourth-order valence-corrected chi connectivity index (χ4v) is 2.35. The lowest BCUT2D eigenvalue weighted by atomic mass is 9.78. The summed E-state index contributed by atoms with van der Waals surface area (Å²) in [6, 6.07) is 10.7. The molecule has 2 aromatic rings. The van der Waals surface area contributed by atoms with E-state index in [1.807, 2.05) is 18.2 Å². The van der Waals surface area contributed by atoms with E-state index in [4.69, 9.17) is 4.74 Å². The quantitative estimate of drug-likeness (QED) is 0.433. The lowest BCUT2D eigenvalue weighted by Crippen LogP contribution is -2.17. The highest BCUT2D eigenvalue weighted by atomic mass is 16.6. The van der Waals surface area contributed by atoms with Crippen molar-refractivity contribution < 1.29 is 24.5 Å². The van der Waals surface area contributed by atoms with Crippen molar-refractivity contribution in [3.8, 4) is 23.0 Å². The zero-order valence-corrected chi connectivity index (χ0v) is 13.9. The zero-order chi connectivity index (χ0) is 17.9. The Morgan fingerprint density at radius 3 is 2.25 bits per heavy atom. The summed E-state index contributed by atoms with van der Waals surface area (Å²) < 4.78 is 9.47. The van der Waals surface area contributed by atoms with Crippen LogP contribution in [0.25, 0.3) is 0 Å². The summed E-state index contributed by atoms with van der Waals surface area (Å²) in [7, 11) is 1.31. The molecule has 0 spiro atoms. The molecular formula is C19H20O5. The van der Waals surface area contributed by atoms with Crippen LogP contribution < -0.4 is 4.74 Å². The first-order chi connectivity index (χ1) is 11.3. The first kappa shape index (κ1) is 17.4. The molecule has 1 aliphatic rings. The Kier molecular flexibility index (Phi) is 4.83. The van der Waals surface area contributed by atoms with Crippen LogP contribution in [0, 0.1) is 0 Å². The molecule has 126 valence electrons. The molecule has 5 nitrogen and oxygen atoms in total. The lowest BCUT2D eigenvalue weighted by Gasteiger charge is -2.25. The Balaban J connectivity index is 0.000000301. The monoisotopic (exact) mass is 328 g/mol. The molecule has 0 bridgehead atoms. The molecule has 0 fully saturated rings. The minimum atomic E-state index is -0.394. The van der Waals surface area contributed by atoms with Crippen molar-refractivity contribution in [2.45, 2.75) is 19.3 Å². The number of aromatic hydroxyl groups is 2. The number of rotatable bonds is 3. The molecule has 0 saturated carbocycles. The van der Waals surface area contributed by atoms with Crippen molar-refractivity contribution in [1.82, 2.24) is 0 Å². The van der Waals surface area contributed by atoms with Crippen LogP contribution in [0.15, 0.2) is 49.1 Å². The average Bonchev–Trinajstić information content (AvgIpc) is 3.36. The second-order valence-electron chi connectivity index (χ2n) is 5.79. The molecule has 24 heavy (non-hydrogen) atoms. The van der Waals surface area contributed by atoms with E-state index in [1.54, 1.807) is 18.2 Å². The van der Waals surface area contributed by atoms with Gasteiger partial charge < -0.3 is 19.7 Å². The van der Waals surface area contributed by atoms with E-state index in [-0.39, 0.29) is 16.9 Å². The van der Waals surface area contributed by atoms with Gasteiger partial charge in [-0.3, -0.25) is 0 Å². The molecule has 2 aromatic carbocycles. The van der Waals surface area contributed by atoms with Crippen molar-refractivity contribution in [1.29, 1.82) is 0 Å². The molecule has 2 N–H and O–H groups in total. The number of methoxy groups -OCH3 is 1. The Morgan fingerprint density at radius 1 is 1.12 bits per heavy atom. The van der Waals surface area contributed by atoms with Gasteiger partial charge in [-0.25, -0.2) is 4.79 Å². The minimum absolute atomic E-state index is 0.190. The van der Waals surface area contributed by atoms with Gasteiger partial charge in [-0.05, 0) is 23.8 Å². The standard InChI is InChI=1S/C15H14O3.C4H6O2/c1-15(2,9-3-5-10(16)6-4-9)11-7-8-12(17)14-13(11)18-14;1-3-4(5)6-2/h3-8,16-17H,1-2H3;3H,1H2,2H3. The van der Waals surface area contributed by atoms with Gasteiger partial charge >= 0.3 is 5.97 Å². The van der Waals surface area contributed by atoms with Gasteiger partial charge in [0.05, 0.1) is 7.11 Å². The number of hydrogen-bond donors (Lipinski definition) is 2. The van der Waals surface area contributed by atoms with E-state index in [9.17, 15) is 15.0 Å². The Bertz CT molecular complexity index is 760. The summed E-state index contributed by atoms with van der Waals surface area (Å²) in [4.78, 5) is 9.84. The van der Waals surface area contributed by atoms with E-state index < -0.39 is 5.97 Å². The second-order valence-corrected chi connectivity index (χ2v) is 5.79. The molecule has 0 unspecified atom stereocenters. The van der Waals surface area contributed by atoms with Crippen molar-refractivity contribution in [3.63, 3.8) is 0 Å². The van der Waals surface area contributed by atoms with Crippen LogP contribution in [-0.4, -0.2) is 23.3 Å². The molecule has 0 radical (unpaired) electrons. The third kappa shape index (κ3) is 3.51. The normalized spacial score (nSPS) is 11.3. The molecule has 0 aromatic heterocycles. The van der Waals surface area contributed by atoms with Crippen LogP contribution in [0.1, 0.15) is 25.0 Å². The van der Waals surface area contributed by atoms with E-state index in [1.165, 1.54) is 7.11 Å². The first-order valence-electron chi connectivity index (χ1n) is 7.35. The highest BCUT2D eigenvalue weighted by Crippen LogP contribution is 2.57. The molecule has 3 rings (SSSR count). The highest BCUT2D eigenvalue weighted by molar-refractivity contribution is 5.80. The van der Waals surface area contributed by atoms with Crippen LogP contribution in [0.5, 0.6) is 23.0 Å². The van der Waals surface area contributed by atoms with Gasteiger partial charge in [0.25, 0.3) is 0 Å². The summed E-state index contributed by atoms with van der Waals surface area (Å²) in [5, 5.41) is 18.8. The molecule has 0 atom stereocenters. The third-order valence-corrected chi connectivity index (χ3v) is 3.88. The van der Waals surface area contributed by atoms with E-state index in [2.05, 4.69) is 25.2 Å². The molecule has 0 saturated heterocycles. The summed E-state index contributed by atoms with van der Waals surface area (Å²) in [6.07, 6.45) is 1.11. The highest BCUT2D eigenvalue weighted by Gasteiger charge is 2.36. The van der Waals surface area contributed by atoms with Gasteiger partial charge in [-0.1, -0.05) is 38.6 Å². The number of carbonyl (C=O) groups is 1. The van der Waals surface area contributed by atoms with Gasteiger partial charge in [-0.15, -0.1) is 0 Å². The van der Waals surface area contributed by atoms with E-state index >= 15 is 0 Å². The number of benzene rings is 2. The maximum atomic E-state index is 9.84. The van der Waals surface area contributed by atoms with Crippen LogP contribution >= 0.6 is 0 Å². The second kappa shape index (κ2) is 6.66. The van der Waals surface area contributed by atoms with Gasteiger partial charge in [0.2, 0.25) is 5.75 Å². The largest absolute Gasteiger partial charge is 0.508 e. The number of phenolic OH excluding ortho intramolecular Hbond substituents is 2. The number of ether oxygens (including phenoxy) is 2. The number of esters is 1. The first-order valence-corrected chi connectivity index (χ1v) is 7.35. The molecule has 5 heteroatoms. The van der Waals surface area contributed by atoms with Crippen molar-refractivity contribution in [2.24, 2.45) is 0 Å². The van der Waals surface area contributed by atoms with Crippen LogP contribution in [0.4, 0.5) is 0 Å². The van der Waals surface area contributed by atoms with Crippen LogP contribution in [0.2, 0.25) is 0 Å². The van der Waals surface area contributed by atoms with Crippen LogP contribution in [0.3, 0.4) is 0 Å². The maximum absolute atomic E-state index is 9.84. The number of fused-ring (bicyclic) bond motifs is 1. The zero-order valence-electron chi connectivity index (χ0n) is 13.9. The predicted octanol–water partition coefficient (Wildman–Crippen LogP) is 3.87. The Labute approximate surface area is 140 Å². The predicted molar refractivity (Wildman–Crippen MR) is 90.6 cm³/mol. The summed E-state index contributed by atoms with van der Waals surface area (Å²) in [6.45, 7) is 7.34. The van der Waals surface area contributed by atoms with Gasteiger partial charge in [0.1, 0.15) is 5.75 Å². The number of carbonyl (C=O) groups excluding carboxylic acids is 1. The Morgan fingerprint density at radius 2 is 1.75 bits per heavy atom. The lowest BCUT2D eigenvalue weighted by molar-refractivity contribution is -0.134. The fraction of sp³-hybridized carbons (Fsp3) is 0.211. The van der Waals surface area contributed by atoms with Crippen molar-refractivity contribution >= 4 is 5.97 Å². The van der Waals surface area contributed by atoms with E-state index in [0.29, 0.717) is 5.75 Å². The molecular weight excluding hydrogens is 308 g/mol. The topological polar surface area (TPSA) is 79.3 Å². The van der Waals surface area contributed by atoms with Crippen LogP contribution in [-0.2, 0) is 14.9 Å². The van der Waals surface area contributed by atoms with Crippen molar-refractivity contribution in [2.75, 3.05) is 7.11 Å². The third-order valence-electron chi connectivity index (χ3n) is 3.88. The molecule has 0 amide bonds. The number of hydrogen-bond acceptors (Lipinski definition) is 5. The smallest absolute Gasteiger partial charge is 0.329 e.